The number of nitrogens with zero attached hydrogens (tertiary/aromatic N) is 6. The Balaban J connectivity index is 0.000000141. The van der Waals surface area contributed by atoms with Crippen LogP contribution >= 0.6 is 0 Å². The van der Waals surface area contributed by atoms with Crippen LogP contribution in [0.25, 0.3) is 221 Å². The molecule has 25 rings (SSSR count). The number of aromatic nitrogens is 6. The molecule has 6 nitrogen and oxygen atoms in total. The summed E-state index contributed by atoms with van der Waals surface area (Å²) in [5.41, 5.74) is 35.5. The Bertz CT molecular complexity index is 8280. The molecule has 0 saturated heterocycles. The minimum absolute atomic E-state index is 0.149. The van der Waals surface area contributed by atoms with Crippen molar-refractivity contribution in [2.45, 2.75) is 38.5 Å². The molecule has 0 fully saturated rings. The zero-order valence-corrected chi connectivity index (χ0v) is 67.8. The maximum atomic E-state index is 5.73. The Morgan fingerprint density at radius 1 is 0.189 bits per heavy atom. The molecule has 2 aliphatic carbocycles. The van der Waals surface area contributed by atoms with E-state index in [0.29, 0.717) is 0 Å². The van der Waals surface area contributed by atoms with Crippen molar-refractivity contribution in [3.63, 3.8) is 0 Å². The summed E-state index contributed by atoms with van der Waals surface area (Å²) in [6.07, 6.45) is 0. The molecule has 572 valence electrons. The highest BCUT2D eigenvalue weighted by Gasteiger charge is 2.38. The second-order valence-corrected chi connectivity index (χ2v) is 33.9. The second kappa shape index (κ2) is 27.5. The quantitative estimate of drug-likeness (QED) is 0.144. The van der Waals surface area contributed by atoms with Crippen molar-refractivity contribution >= 4 is 109 Å². The van der Waals surface area contributed by atoms with Gasteiger partial charge < -0.3 is 9.13 Å². The zero-order chi connectivity index (χ0) is 81.1. The second-order valence-electron chi connectivity index (χ2n) is 33.9. The van der Waals surface area contributed by atoms with E-state index >= 15 is 0 Å². The van der Waals surface area contributed by atoms with Crippen molar-refractivity contribution < 1.29 is 0 Å². The largest absolute Gasteiger partial charge is 0.309 e. The van der Waals surface area contributed by atoms with Crippen LogP contribution < -0.4 is 0 Å². The van der Waals surface area contributed by atoms with Crippen LogP contribution in [0.1, 0.15) is 49.9 Å². The van der Waals surface area contributed by atoms with Gasteiger partial charge >= 0.3 is 0 Å². The molecule has 122 heavy (non-hydrogen) atoms. The number of hydrogen-bond acceptors (Lipinski definition) is 4. The van der Waals surface area contributed by atoms with E-state index in [2.05, 4.69) is 425 Å². The summed E-state index contributed by atoms with van der Waals surface area (Å²) in [5.74, 6) is 0. The van der Waals surface area contributed by atoms with Gasteiger partial charge in [-0.25, -0.2) is 19.9 Å². The molecule has 0 aliphatic heterocycles. The molecule has 0 N–H and O–H groups in total. The van der Waals surface area contributed by atoms with Gasteiger partial charge in [0.05, 0.1) is 66.9 Å². The molecule has 23 aromatic rings. The predicted molar refractivity (Wildman–Crippen MR) is 511 cm³/mol. The summed E-state index contributed by atoms with van der Waals surface area (Å²) in [6.45, 7) is 9.39. The van der Waals surface area contributed by atoms with E-state index in [4.69, 9.17) is 19.9 Å². The van der Waals surface area contributed by atoms with E-state index in [-0.39, 0.29) is 10.8 Å². The molecule has 0 radical (unpaired) electrons. The third kappa shape index (κ3) is 11.0. The highest BCUT2D eigenvalue weighted by molar-refractivity contribution is 6.32. The summed E-state index contributed by atoms with van der Waals surface area (Å²) in [4.78, 5) is 21.8. The van der Waals surface area contributed by atoms with Gasteiger partial charge in [-0.2, -0.15) is 0 Å². The van der Waals surface area contributed by atoms with Crippen molar-refractivity contribution in [1.82, 2.24) is 29.1 Å². The fraction of sp³-hybridized carbons (Fsp3) is 0.0517. The third-order valence-corrected chi connectivity index (χ3v) is 26.3. The van der Waals surface area contributed by atoms with Gasteiger partial charge in [-0.1, -0.05) is 349 Å². The van der Waals surface area contributed by atoms with E-state index in [0.717, 1.165) is 101 Å². The molecule has 0 unspecified atom stereocenters. The fourth-order valence-corrected chi connectivity index (χ4v) is 20.5. The van der Waals surface area contributed by atoms with E-state index in [1.165, 1.54) is 142 Å². The first-order chi connectivity index (χ1) is 60.0. The lowest BCUT2D eigenvalue weighted by Gasteiger charge is -2.23. The smallest absolute Gasteiger partial charge is 0.0973 e. The van der Waals surface area contributed by atoms with E-state index in [9.17, 15) is 0 Å². The van der Waals surface area contributed by atoms with E-state index in [1.807, 2.05) is 12.1 Å². The molecule has 6 heteroatoms. The molecule has 0 spiro atoms. The molecule has 0 bridgehead atoms. The van der Waals surface area contributed by atoms with Crippen molar-refractivity contribution in [2.24, 2.45) is 0 Å². The van der Waals surface area contributed by atoms with Crippen LogP contribution in [0.4, 0.5) is 0 Å². The lowest BCUT2D eigenvalue weighted by atomic mass is 9.81. The first kappa shape index (κ1) is 70.7. The summed E-state index contributed by atoms with van der Waals surface area (Å²) >= 11 is 0. The van der Waals surface area contributed by atoms with Gasteiger partial charge in [-0.15, -0.1) is 0 Å². The lowest BCUT2D eigenvalue weighted by Crippen LogP contribution is -2.15. The Hall–Kier alpha value is -15.5. The standard InChI is InChI=1S/C64H45N3.C52H33N3/c1-63(2)51-24-14-12-21-45(51)47-30-26-40(34-53(47)63)61-62(41-27-31-48-46-22-13-15-25-52(46)64(3,4)54(48)35-41)66-56-36-42(29-32-55(56)65-61)67-57-33-28-39-18-8-9-19-43(39)59(57)60-49-23-11-10-20-44(49)50(37-58(60)67)38-16-6-5-7-17-38;1-4-14-35(15-5-1)44-33-48-50(43-23-13-12-22-42(43)44)49-41-21-11-10-16-36(41)27-31-47(49)55(48)40-28-24-34(25-29-40)39-26-30-45-46(32-39)54-52(38-19-8-3-9-20-38)51(53-45)37-17-6-2-7-18-37/h5-37H,1-4H3;1-33H. The van der Waals surface area contributed by atoms with Crippen LogP contribution in [0.3, 0.4) is 0 Å². The SMILES string of the molecule is CC1(C)c2ccccc2-c2ccc(-c3nc4ccc(-n5c6ccc7ccccc7c6c6c7ccccc7c(-c7ccccc7)cc65)cc4nc3-c3ccc4c(c3)C(C)(C)c3ccccc3-4)cc21.c1ccc(-c2nc3ccc(-c4ccc(-n5c6ccc7ccccc7c6c6c7ccccc7c(-c7ccccc7)cc65)cc4)cc3nc2-c2ccccc2)cc1. The molecule has 0 atom stereocenters. The molecular weight excluding hydrogens is 1480 g/mol. The molecule has 4 heterocycles. The summed E-state index contributed by atoms with van der Waals surface area (Å²) in [5, 5.41) is 15.1. The van der Waals surface area contributed by atoms with Gasteiger partial charge in [0, 0.05) is 66.0 Å². The van der Waals surface area contributed by atoms with Crippen LogP contribution in [0.15, 0.2) is 400 Å². The van der Waals surface area contributed by atoms with Crippen LogP contribution in [0.5, 0.6) is 0 Å². The maximum absolute atomic E-state index is 5.73. The highest BCUT2D eigenvalue weighted by atomic mass is 15.0. The lowest BCUT2D eigenvalue weighted by molar-refractivity contribution is 0.660. The van der Waals surface area contributed by atoms with Crippen LogP contribution in [0, 0.1) is 0 Å². The maximum Gasteiger partial charge on any atom is 0.0973 e. The number of fused-ring (bicyclic) bond motifs is 22. The van der Waals surface area contributed by atoms with Crippen LogP contribution in [0.2, 0.25) is 0 Å². The zero-order valence-electron chi connectivity index (χ0n) is 67.8. The van der Waals surface area contributed by atoms with E-state index in [1.54, 1.807) is 0 Å². The Morgan fingerprint density at radius 3 is 1.00 bits per heavy atom. The average molecular weight is 1560 g/mol. The number of rotatable bonds is 9. The first-order valence-corrected chi connectivity index (χ1v) is 42.2. The average Bonchev–Trinajstić information content (AvgIpc) is 1.51. The Labute approximate surface area is 706 Å². The molecule has 2 aliphatic rings. The van der Waals surface area contributed by atoms with Crippen molar-refractivity contribution in [3.05, 3.63) is 423 Å². The predicted octanol–water partition coefficient (Wildman–Crippen LogP) is 30.3. The third-order valence-electron chi connectivity index (χ3n) is 26.3. The van der Waals surface area contributed by atoms with Crippen molar-refractivity contribution in [1.29, 1.82) is 0 Å². The fourth-order valence-electron chi connectivity index (χ4n) is 20.5. The van der Waals surface area contributed by atoms with Crippen LogP contribution in [-0.4, -0.2) is 29.1 Å². The minimum atomic E-state index is -0.160. The van der Waals surface area contributed by atoms with Gasteiger partial charge in [0.1, 0.15) is 0 Å². The van der Waals surface area contributed by atoms with Crippen molar-refractivity contribution in [3.8, 4) is 112 Å². The van der Waals surface area contributed by atoms with E-state index < -0.39 is 0 Å². The normalized spacial score (nSPS) is 13.0. The van der Waals surface area contributed by atoms with Crippen molar-refractivity contribution in [2.75, 3.05) is 0 Å². The minimum Gasteiger partial charge on any atom is -0.309 e. The Kier molecular flexibility index (Phi) is 16.0. The molecule has 0 saturated carbocycles. The van der Waals surface area contributed by atoms with Gasteiger partial charge in [-0.3, -0.25) is 0 Å². The summed E-state index contributed by atoms with van der Waals surface area (Å²) in [6, 6.07) is 145. The highest BCUT2D eigenvalue weighted by Crippen LogP contribution is 2.54. The number of hydrogen-bond donors (Lipinski definition) is 0. The molecule has 4 aromatic heterocycles. The summed E-state index contributed by atoms with van der Waals surface area (Å²) in [7, 11) is 0. The van der Waals surface area contributed by atoms with Gasteiger partial charge in [-0.05, 0) is 200 Å². The first-order valence-electron chi connectivity index (χ1n) is 42.2. The monoisotopic (exact) mass is 1550 g/mol. The molecular formula is C116H78N6. The van der Waals surface area contributed by atoms with Gasteiger partial charge in [0.15, 0.2) is 0 Å². The van der Waals surface area contributed by atoms with Gasteiger partial charge in [0.25, 0.3) is 0 Å². The topological polar surface area (TPSA) is 61.4 Å². The Morgan fingerprint density at radius 2 is 0.525 bits per heavy atom. The van der Waals surface area contributed by atoms with Gasteiger partial charge in [0.2, 0.25) is 0 Å². The van der Waals surface area contributed by atoms with Crippen LogP contribution in [-0.2, 0) is 10.8 Å². The molecule has 0 amide bonds. The summed E-state index contributed by atoms with van der Waals surface area (Å²) < 4.78 is 4.91. The number of benzene rings is 19. The molecule has 19 aromatic carbocycles.